The molecule has 6 nitrogen and oxygen atoms in total. The Labute approximate surface area is 118 Å². The van der Waals surface area contributed by atoms with Gasteiger partial charge < -0.3 is 4.57 Å². The molecule has 0 atom stereocenters. The van der Waals surface area contributed by atoms with Gasteiger partial charge in [0, 0.05) is 20.6 Å². The Hall–Kier alpha value is -2.70. The van der Waals surface area contributed by atoms with Gasteiger partial charge in [0.1, 0.15) is 5.82 Å². The van der Waals surface area contributed by atoms with Crippen molar-refractivity contribution in [3.63, 3.8) is 0 Å². The normalized spacial score (nSPS) is 11.2. The van der Waals surface area contributed by atoms with Crippen molar-refractivity contribution in [2.75, 3.05) is 0 Å². The minimum absolute atomic E-state index is 0.307. The molecule has 0 saturated carbocycles. The van der Waals surface area contributed by atoms with E-state index in [1.165, 1.54) is 30.1 Å². The fraction of sp³-hybridized carbons (Fsp3) is 0.214. The lowest BCUT2D eigenvalue weighted by molar-refractivity contribution is 0.623. The number of aryl methyl sites for hydroxylation is 1. The molecule has 0 saturated heterocycles. The fourth-order valence-electron chi connectivity index (χ4n) is 2.35. The van der Waals surface area contributed by atoms with Crippen molar-refractivity contribution in [1.29, 1.82) is 0 Å². The molecule has 3 aromatic rings. The standard InChI is InChI=1S/C14H13FN4O2/c1-17-12-11(13(20)18(2)14(17)21)19(8-16-12)7-9-4-3-5-10(15)6-9/h3-6,8H,7H2,1-2H3. The number of benzene rings is 1. The van der Waals surface area contributed by atoms with Crippen molar-refractivity contribution in [2.45, 2.75) is 6.54 Å². The van der Waals surface area contributed by atoms with Gasteiger partial charge in [-0.25, -0.2) is 14.2 Å². The van der Waals surface area contributed by atoms with Crippen LogP contribution in [0.25, 0.3) is 11.2 Å². The van der Waals surface area contributed by atoms with E-state index in [0.717, 1.165) is 4.57 Å². The van der Waals surface area contributed by atoms with Gasteiger partial charge in [-0.2, -0.15) is 0 Å². The maximum atomic E-state index is 13.2. The third-order valence-corrected chi connectivity index (χ3v) is 3.46. The monoisotopic (exact) mass is 288 g/mol. The molecule has 21 heavy (non-hydrogen) atoms. The third-order valence-electron chi connectivity index (χ3n) is 3.46. The Morgan fingerprint density at radius 3 is 2.67 bits per heavy atom. The number of fused-ring (bicyclic) bond motifs is 1. The molecule has 0 amide bonds. The lowest BCUT2D eigenvalue weighted by atomic mass is 10.2. The van der Waals surface area contributed by atoms with Gasteiger partial charge in [0.2, 0.25) is 0 Å². The summed E-state index contributed by atoms with van der Waals surface area (Å²) in [5, 5.41) is 0. The molecule has 0 spiro atoms. The van der Waals surface area contributed by atoms with Crippen molar-refractivity contribution >= 4 is 11.2 Å². The summed E-state index contributed by atoms with van der Waals surface area (Å²) < 4.78 is 17.2. The van der Waals surface area contributed by atoms with E-state index in [2.05, 4.69) is 4.98 Å². The summed E-state index contributed by atoms with van der Waals surface area (Å²) in [6.45, 7) is 0.307. The zero-order valence-corrected chi connectivity index (χ0v) is 11.6. The van der Waals surface area contributed by atoms with E-state index in [0.29, 0.717) is 23.3 Å². The Kier molecular flexibility index (Phi) is 2.97. The highest BCUT2D eigenvalue weighted by molar-refractivity contribution is 5.70. The van der Waals surface area contributed by atoms with Gasteiger partial charge in [0.15, 0.2) is 11.2 Å². The summed E-state index contributed by atoms with van der Waals surface area (Å²) in [5.41, 5.74) is 0.513. The van der Waals surface area contributed by atoms with E-state index >= 15 is 0 Å². The number of imidazole rings is 1. The Morgan fingerprint density at radius 1 is 1.19 bits per heavy atom. The van der Waals surface area contributed by atoms with Gasteiger partial charge in [-0.3, -0.25) is 13.9 Å². The molecule has 1 aromatic carbocycles. The van der Waals surface area contributed by atoms with Gasteiger partial charge in [-0.05, 0) is 17.7 Å². The first-order valence-corrected chi connectivity index (χ1v) is 6.34. The first kappa shape index (κ1) is 13.3. The van der Waals surface area contributed by atoms with E-state index in [1.54, 1.807) is 23.7 Å². The SMILES string of the molecule is Cn1c(=O)c2c(ncn2Cc2cccc(F)c2)n(C)c1=O. The summed E-state index contributed by atoms with van der Waals surface area (Å²) in [6, 6.07) is 6.13. The van der Waals surface area contributed by atoms with Crippen molar-refractivity contribution in [2.24, 2.45) is 14.1 Å². The second kappa shape index (κ2) is 4.69. The van der Waals surface area contributed by atoms with Crippen LogP contribution in [0.1, 0.15) is 5.56 Å². The summed E-state index contributed by atoms with van der Waals surface area (Å²) in [7, 11) is 2.98. The second-order valence-electron chi connectivity index (χ2n) is 4.88. The molecule has 0 aliphatic carbocycles. The average molecular weight is 288 g/mol. The minimum atomic E-state index is -0.427. The van der Waals surface area contributed by atoms with E-state index in [4.69, 9.17) is 0 Å². The quantitative estimate of drug-likeness (QED) is 0.694. The molecule has 2 aromatic heterocycles. The molecule has 2 heterocycles. The summed E-state index contributed by atoms with van der Waals surface area (Å²) in [6.07, 6.45) is 1.48. The zero-order chi connectivity index (χ0) is 15.1. The molecule has 108 valence electrons. The van der Waals surface area contributed by atoms with E-state index in [1.807, 2.05) is 0 Å². The lowest BCUT2D eigenvalue weighted by Crippen LogP contribution is -2.37. The van der Waals surface area contributed by atoms with E-state index in [9.17, 15) is 14.0 Å². The van der Waals surface area contributed by atoms with Crippen LogP contribution < -0.4 is 11.2 Å². The first-order chi connectivity index (χ1) is 9.99. The highest BCUT2D eigenvalue weighted by atomic mass is 19.1. The average Bonchev–Trinajstić information content (AvgIpc) is 2.87. The van der Waals surface area contributed by atoms with Gasteiger partial charge in [-0.1, -0.05) is 12.1 Å². The highest BCUT2D eigenvalue weighted by Crippen LogP contribution is 2.10. The van der Waals surface area contributed by atoms with Crippen molar-refractivity contribution in [3.8, 4) is 0 Å². The second-order valence-corrected chi connectivity index (χ2v) is 4.88. The summed E-state index contributed by atoms with van der Waals surface area (Å²) in [5.74, 6) is -0.336. The number of aromatic nitrogens is 4. The summed E-state index contributed by atoms with van der Waals surface area (Å²) in [4.78, 5) is 28.2. The van der Waals surface area contributed by atoms with Crippen molar-refractivity contribution in [3.05, 3.63) is 62.8 Å². The number of nitrogens with zero attached hydrogens (tertiary/aromatic N) is 4. The van der Waals surface area contributed by atoms with Crippen molar-refractivity contribution in [1.82, 2.24) is 18.7 Å². The molecule has 0 unspecified atom stereocenters. The van der Waals surface area contributed by atoms with Gasteiger partial charge in [0.25, 0.3) is 5.56 Å². The molecular formula is C14H13FN4O2. The van der Waals surface area contributed by atoms with Crippen LogP contribution in [0.5, 0.6) is 0 Å². The maximum Gasteiger partial charge on any atom is 0.332 e. The predicted molar refractivity (Wildman–Crippen MR) is 75.7 cm³/mol. The maximum absolute atomic E-state index is 13.2. The smallest absolute Gasteiger partial charge is 0.320 e. The van der Waals surface area contributed by atoms with Gasteiger partial charge in [0.05, 0.1) is 6.33 Å². The Morgan fingerprint density at radius 2 is 1.95 bits per heavy atom. The summed E-state index contributed by atoms with van der Waals surface area (Å²) >= 11 is 0. The Balaban J connectivity index is 2.21. The minimum Gasteiger partial charge on any atom is -0.320 e. The van der Waals surface area contributed by atoms with Crippen LogP contribution in [0.15, 0.2) is 40.2 Å². The van der Waals surface area contributed by atoms with Gasteiger partial charge >= 0.3 is 5.69 Å². The molecule has 0 bridgehead atoms. The zero-order valence-electron chi connectivity index (χ0n) is 11.6. The van der Waals surface area contributed by atoms with Crippen LogP contribution in [-0.2, 0) is 20.6 Å². The number of rotatable bonds is 2. The van der Waals surface area contributed by atoms with Crippen LogP contribution in [-0.4, -0.2) is 18.7 Å². The van der Waals surface area contributed by atoms with Gasteiger partial charge in [-0.15, -0.1) is 0 Å². The third kappa shape index (κ3) is 2.06. The van der Waals surface area contributed by atoms with Crippen LogP contribution >= 0.6 is 0 Å². The van der Waals surface area contributed by atoms with E-state index < -0.39 is 11.2 Å². The molecule has 3 rings (SSSR count). The molecule has 0 radical (unpaired) electrons. The highest BCUT2D eigenvalue weighted by Gasteiger charge is 2.14. The Bertz CT molecular complexity index is 952. The van der Waals surface area contributed by atoms with Crippen LogP contribution in [0.4, 0.5) is 4.39 Å². The number of hydrogen-bond donors (Lipinski definition) is 0. The lowest BCUT2D eigenvalue weighted by Gasteiger charge is -2.07. The molecule has 7 heteroatoms. The molecule has 0 N–H and O–H groups in total. The van der Waals surface area contributed by atoms with Crippen molar-refractivity contribution < 1.29 is 4.39 Å². The molecule has 0 aliphatic rings. The topological polar surface area (TPSA) is 61.8 Å². The fourth-order valence-corrected chi connectivity index (χ4v) is 2.35. The predicted octanol–water partition coefficient (Wildman–Crippen LogP) is 0.621. The molecular weight excluding hydrogens is 275 g/mol. The van der Waals surface area contributed by atoms with Crippen LogP contribution in [0, 0.1) is 5.82 Å². The van der Waals surface area contributed by atoms with Crippen LogP contribution in [0.2, 0.25) is 0 Å². The number of halogens is 1. The van der Waals surface area contributed by atoms with Crippen LogP contribution in [0.3, 0.4) is 0 Å². The first-order valence-electron chi connectivity index (χ1n) is 6.34. The largest absolute Gasteiger partial charge is 0.332 e. The molecule has 0 aliphatic heterocycles. The number of hydrogen-bond acceptors (Lipinski definition) is 3. The van der Waals surface area contributed by atoms with E-state index in [-0.39, 0.29) is 5.82 Å². The molecule has 0 fully saturated rings.